The average molecular weight is 239 g/mol. The molecule has 0 spiro atoms. The van der Waals surface area contributed by atoms with Crippen LogP contribution in [0.3, 0.4) is 0 Å². The first-order valence-electron chi connectivity index (χ1n) is 6.76. The second-order valence-electron chi connectivity index (χ2n) is 4.95. The van der Waals surface area contributed by atoms with Crippen LogP contribution in [0.4, 0.5) is 0 Å². The summed E-state index contributed by atoms with van der Waals surface area (Å²) in [5, 5.41) is 3.38. The Morgan fingerprint density at radius 3 is 3.00 bits per heavy atom. The van der Waals surface area contributed by atoms with Gasteiger partial charge in [0.15, 0.2) is 0 Å². The third-order valence-corrected chi connectivity index (χ3v) is 3.28. The number of esters is 1. The molecule has 0 saturated heterocycles. The van der Waals surface area contributed by atoms with Crippen LogP contribution in [0, 0.1) is 11.8 Å². The van der Waals surface area contributed by atoms with E-state index in [9.17, 15) is 4.79 Å². The summed E-state index contributed by atoms with van der Waals surface area (Å²) < 4.78 is 4.80. The summed E-state index contributed by atoms with van der Waals surface area (Å²) in [5.74, 6) is 1.45. The second-order valence-corrected chi connectivity index (χ2v) is 4.95. The molecule has 1 aliphatic carbocycles. The van der Waals surface area contributed by atoms with Crippen molar-refractivity contribution in [3.8, 4) is 0 Å². The van der Waals surface area contributed by atoms with Crippen molar-refractivity contribution >= 4 is 5.97 Å². The van der Waals surface area contributed by atoms with Gasteiger partial charge in [0.1, 0.15) is 0 Å². The van der Waals surface area contributed by atoms with Gasteiger partial charge in [-0.3, -0.25) is 0 Å². The van der Waals surface area contributed by atoms with Gasteiger partial charge in [-0.2, -0.15) is 0 Å². The van der Waals surface area contributed by atoms with Crippen molar-refractivity contribution in [3.63, 3.8) is 0 Å². The fraction of sp³-hybridized carbons (Fsp3) is 0.786. The van der Waals surface area contributed by atoms with Crippen LogP contribution in [0.25, 0.3) is 0 Å². The standard InChI is InChI=1S/C14H25NO2/c1-3-17-14(16)8-5-9-15-11-13-7-4-6-12(2)10-13/h5,8,12-13,15H,3-4,6-7,9-11H2,1-2H3/b8-5+. The molecular weight excluding hydrogens is 214 g/mol. The number of carbonyl (C=O) groups excluding carboxylic acids is 1. The minimum Gasteiger partial charge on any atom is -0.463 e. The molecule has 1 saturated carbocycles. The van der Waals surface area contributed by atoms with Gasteiger partial charge in [0, 0.05) is 12.6 Å². The smallest absolute Gasteiger partial charge is 0.330 e. The summed E-state index contributed by atoms with van der Waals surface area (Å²) in [4.78, 5) is 11.0. The molecule has 1 N–H and O–H groups in total. The topological polar surface area (TPSA) is 38.3 Å². The number of rotatable bonds is 6. The summed E-state index contributed by atoms with van der Waals surface area (Å²) in [6.45, 7) is 6.42. The Morgan fingerprint density at radius 1 is 1.47 bits per heavy atom. The quantitative estimate of drug-likeness (QED) is 0.440. The molecule has 0 radical (unpaired) electrons. The summed E-state index contributed by atoms with van der Waals surface area (Å²) in [6.07, 6.45) is 8.78. The zero-order valence-corrected chi connectivity index (χ0v) is 11.1. The number of nitrogens with one attached hydrogen (secondary N) is 1. The van der Waals surface area contributed by atoms with E-state index in [1.165, 1.54) is 31.8 Å². The van der Waals surface area contributed by atoms with Crippen LogP contribution in [-0.2, 0) is 9.53 Å². The Labute approximate surface area is 105 Å². The number of hydrogen-bond donors (Lipinski definition) is 1. The molecule has 0 amide bonds. The molecule has 2 atom stereocenters. The van der Waals surface area contributed by atoms with Crippen LogP contribution >= 0.6 is 0 Å². The Kier molecular flexibility index (Phi) is 6.94. The van der Waals surface area contributed by atoms with Crippen LogP contribution in [-0.4, -0.2) is 25.7 Å². The predicted molar refractivity (Wildman–Crippen MR) is 69.8 cm³/mol. The molecule has 0 aromatic heterocycles. The summed E-state index contributed by atoms with van der Waals surface area (Å²) >= 11 is 0. The van der Waals surface area contributed by atoms with E-state index in [1.807, 2.05) is 13.0 Å². The minimum absolute atomic E-state index is 0.249. The van der Waals surface area contributed by atoms with Gasteiger partial charge in [-0.25, -0.2) is 4.79 Å². The SMILES string of the molecule is CCOC(=O)/C=C/CNCC1CCCC(C)C1. The highest BCUT2D eigenvalue weighted by atomic mass is 16.5. The van der Waals surface area contributed by atoms with Crippen molar-refractivity contribution in [2.24, 2.45) is 11.8 Å². The molecule has 3 heteroatoms. The van der Waals surface area contributed by atoms with E-state index >= 15 is 0 Å². The van der Waals surface area contributed by atoms with Gasteiger partial charge < -0.3 is 10.1 Å². The maximum Gasteiger partial charge on any atom is 0.330 e. The van der Waals surface area contributed by atoms with Gasteiger partial charge in [-0.05, 0) is 38.1 Å². The zero-order chi connectivity index (χ0) is 12.5. The van der Waals surface area contributed by atoms with Crippen LogP contribution < -0.4 is 5.32 Å². The zero-order valence-electron chi connectivity index (χ0n) is 11.1. The monoisotopic (exact) mass is 239 g/mol. The first kappa shape index (κ1) is 14.2. The van der Waals surface area contributed by atoms with Gasteiger partial charge >= 0.3 is 5.97 Å². The van der Waals surface area contributed by atoms with E-state index < -0.39 is 0 Å². The molecule has 0 aromatic carbocycles. The summed E-state index contributed by atoms with van der Waals surface area (Å²) in [7, 11) is 0. The van der Waals surface area contributed by atoms with Crippen LogP contribution in [0.2, 0.25) is 0 Å². The summed E-state index contributed by atoms with van der Waals surface area (Å²) in [6, 6.07) is 0. The molecule has 0 heterocycles. The molecule has 17 heavy (non-hydrogen) atoms. The molecule has 2 unspecified atom stereocenters. The van der Waals surface area contributed by atoms with E-state index in [0.29, 0.717) is 6.61 Å². The lowest BCUT2D eigenvalue weighted by molar-refractivity contribution is -0.137. The second kappa shape index (κ2) is 8.29. The van der Waals surface area contributed by atoms with Gasteiger partial charge in [0.25, 0.3) is 0 Å². The van der Waals surface area contributed by atoms with E-state index in [1.54, 1.807) is 0 Å². The molecule has 0 aliphatic heterocycles. The summed E-state index contributed by atoms with van der Waals surface area (Å²) in [5.41, 5.74) is 0. The van der Waals surface area contributed by atoms with Crippen molar-refractivity contribution < 1.29 is 9.53 Å². The van der Waals surface area contributed by atoms with E-state index in [2.05, 4.69) is 12.2 Å². The Hall–Kier alpha value is -0.830. The fourth-order valence-electron chi connectivity index (χ4n) is 2.46. The van der Waals surface area contributed by atoms with Crippen LogP contribution in [0.1, 0.15) is 39.5 Å². The average Bonchev–Trinajstić information content (AvgIpc) is 2.29. The molecule has 0 bridgehead atoms. The maximum absolute atomic E-state index is 11.0. The van der Waals surface area contributed by atoms with Gasteiger partial charge in [-0.1, -0.05) is 25.8 Å². The van der Waals surface area contributed by atoms with Gasteiger partial charge in [0.05, 0.1) is 6.61 Å². The largest absolute Gasteiger partial charge is 0.463 e. The number of hydrogen-bond acceptors (Lipinski definition) is 3. The Bertz CT molecular complexity index is 251. The lowest BCUT2D eigenvalue weighted by Crippen LogP contribution is -2.26. The normalized spacial score (nSPS) is 25.1. The molecule has 1 rings (SSSR count). The van der Waals surface area contributed by atoms with E-state index in [-0.39, 0.29) is 5.97 Å². The Morgan fingerprint density at radius 2 is 2.29 bits per heavy atom. The molecule has 0 aromatic rings. The van der Waals surface area contributed by atoms with Crippen molar-refractivity contribution in [1.82, 2.24) is 5.32 Å². The molecule has 1 aliphatic rings. The lowest BCUT2D eigenvalue weighted by atomic mass is 9.82. The third kappa shape index (κ3) is 6.47. The molecule has 3 nitrogen and oxygen atoms in total. The highest BCUT2D eigenvalue weighted by molar-refractivity contribution is 5.81. The molecule has 1 fully saturated rings. The van der Waals surface area contributed by atoms with Crippen molar-refractivity contribution in [3.05, 3.63) is 12.2 Å². The Balaban J connectivity index is 2.05. The van der Waals surface area contributed by atoms with Gasteiger partial charge in [-0.15, -0.1) is 0 Å². The molecule has 98 valence electrons. The van der Waals surface area contributed by atoms with E-state index in [0.717, 1.165) is 24.9 Å². The maximum atomic E-state index is 11.0. The van der Waals surface area contributed by atoms with E-state index in [4.69, 9.17) is 4.74 Å². The minimum atomic E-state index is -0.249. The highest BCUT2D eigenvalue weighted by Crippen LogP contribution is 2.27. The highest BCUT2D eigenvalue weighted by Gasteiger charge is 2.17. The molecular formula is C14H25NO2. The lowest BCUT2D eigenvalue weighted by Gasteiger charge is -2.26. The van der Waals surface area contributed by atoms with Gasteiger partial charge in [0.2, 0.25) is 0 Å². The first-order valence-corrected chi connectivity index (χ1v) is 6.76. The van der Waals surface area contributed by atoms with Crippen molar-refractivity contribution in [2.75, 3.05) is 19.7 Å². The number of carbonyl (C=O) groups is 1. The van der Waals surface area contributed by atoms with Crippen molar-refractivity contribution in [2.45, 2.75) is 39.5 Å². The van der Waals surface area contributed by atoms with Crippen LogP contribution in [0.5, 0.6) is 0 Å². The third-order valence-electron chi connectivity index (χ3n) is 3.28. The fourth-order valence-corrected chi connectivity index (χ4v) is 2.46. The van der Waals surface area contributed by atoms with Crippen molar-refractivity contribution in [1.29, 1.82) is 0 Å². The number of ether oxygens (including phenoxy) is 1. The first-order chi connectivity index (χ1) is 8.22. The van der Waals surface area contributed by atoms with Crippen LogP contribution in [0.15, 0.2) is 12.2 Å². The predicted octanol–water partition coefficient (Wildman–Crippen LogP) is 2.52.